The number of carbonyl (C=O) groups excluding carboxylic acids is 3. The van der Waals surface area contributed by atoms with Crippen molar-refractivity contribution in [2.45, 2.75) is 38.5 Å². The zero-order valence-electron chi connectivity index (χ0n) is 19.0. The largest absolute Gasteiger partial charge is 0.452 e. The van der Waals surface area contributed by atoms with Crippen molar-refractivity contribution in [2.24, 2.45) is 5.92 Å². The Balaban J connectivity index is 1.91. The number of rotatable bonds is 14. The second kappa shape index (κ2) is 12.1. The van der Waals surface area contributed by atoms with Crippen molar-refractivity contribution in [2.75, 3.05) is 27.1 Å². The molecule has 13 nitrogen and oxygen atoms in total. The first kappa shape index (κ1) is 26.7. The number of carbonyl (C=O) groups is 3. The van der Waals surface area contributed by atoms with Crippen molar-refractivity contribution in [3.05, 3.63) is 45.5 Å². The molecule has 1 aromatic rings. The van der Waals surface area contributed by atoms with Crippen LogP contribution in [-0.4, -0.2) is 71.8 Å². The molecule has 13 heteroatoms. The maximum atomic E-state index is 12.6. The number of non-ortho nitro benzene ring substituents is 1. The molecule has 2 atom stereocenters. The van der Waals surface area contributed by atoms with Crippen molar-refractivity contribution in [1.82, 2.24) is 5.32 Å². The number of benzene rings is 1. The van der Waals surface area contributed by atoms with Gasteiger partial charge in [-0.2, -0.15) is 4.79 Å². The van der Waals surface area contributed by atoms with E-state index in [1.54, 1.807) is 13.8 Å². The van der Waals surface area contributed by atoms with Crippen molar-refractivity contribution in [3.63, 3.8) is 0 Å². The summed E-state index contributed by atoms with van der Waals surface area (Å²) in [5.74, 6) is -3.05. The van der Waals surface area contributed by atoms with Crippen LogP contribution in [0.1, 0.15) is 25.8 Å². The number of nitro benzene ring substituents is 1. The third-order valence-electron chi connectivity index (χ3n) is 5.19. The number of Topliss-reactive ketones (excluding diaryl/α,β-unsaturated/α-hetero) is 1. The monoisotopic (exact) mass is 478 g/mol. The van der Waals surface area contributed by atoms with Crippen LogP contribution in [-0.2, 0) is 39.9 Å². The lowest BCUT2D eigenvalue weighted by Crippen LogP contribution is -2.66. The van der Waals surface area contributed by atoms with E-state index in [-0.39, 0.29) is 31.4 Å². The summed E-state index contributed by atoms with van der Waals surface area (Å²) in [5, 5.41) is 13.3. The van der Waals surface area contributed by atoms with Crippen LogP contribution >= 0.6 is 0 Å². The first-order chi connectivity index (χ1) is 16.1. The van der Waals surface area contributed by atoms with Gasteiger partial charge in [-0.1, -0.05) is 0 Å². The minimum atomic E-state index is -1.17. The highest BCUT2D eigenvalue weighted by Crippen LogP contribution is 2.32. The number of nitro groups is 1. The van der Waals surface area contributed by atoms with Crippen LogP contribution in [0.2, 0.25) is 0 Å². The Bertz CT molecular complexity index is 971. The summed E-state index contributed by atoms with van der Waals surface area (Å²) in [4.78, 5) is 49.8. The molecule has 1 aromatic carbocycles. The van der Waals surface area contributed by atoms with E-state index in [1.807, 2.05) is 0 Å². The summed E-state index contributed by atoms with van der Waals surface area (Å²) in [6.45, 7) is 3.66. The van der Waals surface area contributed by atoms with Gasteiger partial charge in [-0.3, -0.25) is 19.7 Å². The first-order valence-corrected chi connectivity index (χ1v) is 10.3. The Morgan fingerprint density at radius 3 is 2.47 bits per heavy atom. The van der Waals surface area contributed by atoms with E-state index < -0.39 is 39.9 Å². The quantitative estimate of drug-likeness (QED) is 0.0386. The van der Waals surface area contributed by atoms with Crippen molar-refractivity contribution < 1.29 is 43.0 Å². The highest BCUT2D eigenvalue weighted by molar-refractivity contribution is 6.62. The van der Waals surface area contributed by atoms with Crippen LogP contribution in [0.25, 0.3) is 5.53 Å². The summed E-state index contributed by atoms with van der Waals surface area (Å²) < 4.78 is 20.7. The van der Waals surface area contributed by atoms with Gasteiger partial charge in [0.1, 0.15) is 13.4 Å². The van der Waals surface area contributed by atoms with E-state index >= 15 is 0 Å². The SMILES string of the molecule is COCCOCOC(C)(C)[C@H]1C(=O)N[C@H]1CC(=O)C(=[N+]=[N-])C(=O)OCc1ccc([N+](=O)[O-])cc1. The summed E-state index contributed by atoms with van der Waals surface area (Å²) >= 11 is 0. The van der Waals surface area contributed by atoms with Gasteiger partial charge in [0.15, 0.2) is 0 Å². The predicted octanol–water partition coefficient (Wildman–Crippen LogP) is 0.798. The molecular weight excluding hydrogens is 452 g/mol. The summed E-state index contributed by atoms with van der Waals surface area (Å²) in [6.07, 6.45) is -0.320. The number of nitrogens with zero attached hydrogens (tertiary/aromatic N) is 3. The minimum Gasteiger partial charge on any atom is -0.452 e. The Morgan fingerprint density at radius 2 is 1.91 bits per heavy atom. The van der Waals surface area contributed by atoms with Crippen molar-refractivity contribution >= 4 is 29.1 Å². The lowest BCUT2D eigenvalue weighted by Gasteiger charge is -2.45. The summed E-state index contributed by atoms with van der Waals surface area (Å²) in [7, 11) is 1.53. The average molecular weight is 478 g/mol. The molecule has 1 aliphatic heterocycles. The second-order valence-electron chi connectivity index (χ2n) is 7.94. The highest BCUT2D eigenvalue weighted by atomic mass is 16.7. The van der Waals surface area contributed by atoms with Crippen LogP contribution < -0.4 is 5.32 Å². The first-order valence-electron chi connectivity index (χ1n) is 10.3. The van der Waals surface area contributed by atoms with E-state index in [0.717, 1.165) is 0 Å². The molecule has 0 aliphatic carbocycles. The van der Waals surface area contributed by atoms with Gasteiger partial charge in [0.2, 0.25) is 5.91 Å². The van der Waals surface area contributed by atoms with Crippen LogP contribution in [0.15, 0.2) is 24.3 Å². The Kier molecular flexibility index (Phi) is 9.51. The van der Waals surface area contributed by atoms with Gasteiger partial charge < -0.3 is 29.8 Å². The molecule has 0 spiro atoms. The number of β-lactam (4-membered cyclic amide) rings is 1. The maximum absolute atomic E-state index is 12.6. The predicted molar refractivity (Wildman–Crippen MR) is 114 cm³/mol. The summed E-state index contributed by atoms with van der Waals surface area (Å²) in [5.41, 5.74) is 7.67. The number of esters is 1. The van der Waals surface area contributed by atoms with Gasteiger partial charge in [-0.15, -0.1) is 0 Å². The molecule has 1 fully saturated rings. The standard InChI is InChI=1S/C21H26N4O9/c1-21(2,34-12-32-9-8-31-3)17-15(23-19(17)27)10-16(26)18(24-22)20(28)33-11-13-4-6-14(7-5-13)25(29)30/h4-7,15,17H,8-12H2,1-3H3,(H,23,27)/t15-,17+/m0/s1. The fourth-order valence-corrected chi connectivity index (χ4v) is 3.33. The topological polar surface area (TPSA) is 180 Å². The van der Waals surface area contributed by atoms with Crippen LogP contribution in [0.4, 0.5) is 5.69 Å². The molecule has 1 amide bonds. The zero-order chi connectivity index (χ0) is 25.3. The van der Waals surface area contributed by atoms with E-state index in [2.05, 4.69) is 10.1 Å². The number of ether oxygens (including phenoxy) is 4. The Hall–Kier alpha value is -3.51. The molecule has 0 bridgehead atoms. The smallest absolute Gasteiger partial charge is 0.441 e. The highest BCUT2D eigenvalue weighted by Gasteiger charge is 2.51. The van der Waals surface area contributed by atoms with Gasteiger partial charge in [0.05, 0.1) is 35.7 Å². The molecule has 0 aromatic heterocycles. The Morgan fingerprint density at radius 1 is 1.24 bits per heavy atom. The number of hydrogen-bond donors (Lipinski definition) is 1. The number of ketones is 1. The molecule has 1 aliphatic rings. The van der Waals surface area contributed by atoms with E-state index in [4.69, 9.17) is 18.9 Å². The van der Waals surface area contributed by atoms with Gasteiger partial charge >= 0.3 is 11.7 Å². The Labute approximate surface area is 195 Å². The molecule has 0 radical (unpaired) electrons. The second-order valence-corrected chi connectivity index (χ2v) is 7.94. The number of nitrogens with one attached hydrogen (secondary N) is 1. The van der Waals surface area contributed by atoms with Crippen LogP contribution in [0.3, 0.4) is 0 Å². The van der Waals surface area contributed by atoms with Gasteiger partial charge in [-0.05, 0) is 31.5 Å². The lowest BCUT2D eigenvalue weighted by atomic mass is 9.75. The number of amides is 1. The fraction of sp³-hybridized carbons (Fsp3) is 0.524. The third kappa shape index (κ3) is 6.99. The zero-order valence-corrected chi connectivity index (χ0v) is 19.0. The summed E-state index contributed by atoms with van der Waals surface area (Å²) in [6, 6.07) is 4.59. The molecule has 34 heavy (non-hydrogen) atoms. The molecular formula is C21H26N4O9. The number of hydrogen-bond acceptors (Lipinski definition) is 9. The van der Waals surface area contributed by atoms with Crippen molar-refractivity contribution in [3.8, 4) is 0 Å². The average Bonchev–Trinajstić information content (AvgIpc) is 2.77. The van der Waals surface area contributed by atoms with E-state index in [1.165, 1.54) is 31.4 Å². The molecule has 1 heterocycles. The van der Waals surface area contributed by atoms with Gasteiger partial charge in [0, 0.05) is 25.7 Å². The lowest BCUT2D eigenvalue weighted by molar-refractivity contribution is -0.384. The normalized spacial score (nSPS) is 17.2. The number of methoxy groups -OCH3 is 1. The van der Waals surface area contributed by atoms with E-state index in [9.17, 15) is 30.0 Å². The fourth-order valence-electron chi connectivity index (χ4n) is 3.33. The molecule has 184 valence electrons. The maximum Gasteiger partial charge on any atom is 0.441 e. The van der Waals surface area contributed by atoms with Gasteiger partial charge in [-0.25, -0.2) is 4.79 Å². The molecule has 0 saturated carbocycles. The molecule has 0 unspecified atom stereocenters. The van der Waals surface area contributed by atoms with Gasteiger partial charge in [0.25, 0.3) is 11.5 Å². The van der Waals surface area contributed by atoms with Crippen molar-refractivity contribution in [1.29, 1.82) is 0 Å². The third-order valence-corrected chi connectivity index (χ3v) is 5.19. The molecule has 1 saturated heterocycles. The van der Waals surface area contributed by atoms with Crippen LogP contribution in [0.5, 0.6) is 0 Å². The van der Waals surface area contributed by atoms with Crippen LogP contribution in [0, 0.1) is 16.0 Å². The molecule has 1 N–H and O–H groups in total. The van der Waals surface area contributed by atoms with E-state index in [0.29, 0.717) is 18.8 Å². The minimum absolute atomic E-state index is 0.0842. The molecule has 2 rings (SSSR count).